The molecule has 0 aliphatic carbocycles. The molecule has 7 heteroatoms. The molecule has 0 bridgehead atoms. The zero-order valence-electron chi connectivity index (χ0n) is 16.0. The van der Waals surface area contributed by atoms with Crippen molar-refractivity contribution in [2.75, 3.05) is 39.5 Å². The first-order valence-corrected chi connectivity index (χ1v) is 9.05. The highest BCUT2D eigenvalue weighted by atomic mass is 127. The third kappa shape index (κ3) is 6.59. The molecular weight excluding hydrogens is 445 g/mol. The molecule has 1 heterocycles. The Bertz CT molecular complexity index is 572. The number of nitrogens with one attached hydrogen (secondary N) is 2. The number of aryl methyl sites for hydroxylation is 1. The normalized spacial score (nSPS) is 15.6. The molecule has 0 aromatic heterocycles. The Hall–Kier alpha value is -1.06. The van der Waals surface area contributed by atoms with Gasteiger partial charge in [0.1, 0.15) is 5.75 Å². The van der Waals surface area contributed by atoms with Crippen LogP contribution in [-0.2, 0) is 11.3 Å². The maximum absolute atomic E-state index is 9.54. The van der Waals surface area contributed by atoms with Gasteiger partial charge in [0.05, 0.1) is 38.4 Å². The molecule has 1 aromatic carbocycles. The van der Waals surface area contributed by atoms with E-state index in [0.29, 0.717) is 32.9 Å². The topological polar surface area (TPSA) is 75.1 Å². The van der Waals surface area contributed by atoms with Gasteiger partial charge in [0.15, 0.2) is 5.96 Å². The van der Waals surface area contributed by atoms with Crippen molar-refractivity contribution >= 4 is 29.9 Å². The van der Waals surface area contributed by atoms with Crippen LogP contribution in [0, 0.1) is 12.3 Å². The first-order valence-electron chi connectivity index (χ1n) is 9.05. The van der Waals surface area contributed by atoms with Crippen LogP contribution in [0.25, 0.3) is 0 Å². The van der Waals surface area contributed by atoms with Crippen LogP contribution in [0.4, 0.5) is 0 Å². The van der Waals surface area contributed by atoms with E-state index in [1.807, 2.05) is 6.92 Å². The molecular formula is C19H32IN3O3. The first-order chi connectivity index (χ1) is 12.1. The molecule has 1 aliphatic heterocycles. The summed E-state index contributed by atoms with van der Waals surface area (Å²) in [5, 5.41) is 16.1. The summed E-state index contributed by atoms with van der Waals surface area (Å²) >= 11 is 0. The van der Waals surface area contributed by atoms with Crippen molar-refractivity contribution < 1.29 is 14.6 Å². The zero-order valence-corrected chi connectivity index (χ0v) is 18.3. The average Bonchev–Trinajstić information content (AvgIpc) is 2.58. The number of nitrogens with zero attached hydrogens (tertiary/aromatic N) is 1. The number of halogens is 1. The fourth-order valence-corrected chi connectivity index (χ4v) is 2.56. The van der Waals surface area contributed by atoms with E-state index in [1.54, 1.807) is 0 Å². The Morgan fingerprint density at radius 3 is 2.65 bits per heavy atom. The van der Waals surface area contributed by atoms with Crippen LogP contribution in [0.1, 0.15) is 31.4 Å². The second kappa shape index (κ2) is 11.6. The number of hydrogen-bond donors (Lipinski definition) is 3. The van der Waals surface area contributed by atoms with E-state index in [9.17, 15) is 5.11 Å². The minimum Gasteiger partial charge on any atom is -0.493 e. The molecule has 0 amide bonds. The number of rotatable bonds is 9. The van der Waals surface area contributed by atoms with Crippen LogP contribution in [0.15, 0.2) is 23.2 Å². The number of aliphatic hydroxyl groups excluding tert-OH is 1. The van der Waals surface area contributed by atoms with Gasteiger partial charge in [0, 0.05) is 18.7 Å². The lowest BCUT2D eigenvalue weighted by atomic mass is 9.87. The Morgan fingerprint density at radius 2 is 2.08 bits per heavy atom. The summed E-state index contributed by atoms with van der Waals surface area (Å²) in [5.41, 5.74) is 2.06. The molecule has 2 rings (SSSR count). The molecule has 0 radical (unpaired) electrons. The predicted molar refractivity (Wildman–Crippen MR) is 116 cm³/mol. The van der Waals surface area contributed by atoms with Crippen molar-refractivity contribution in [3.05, 3.63) is 29.3 Å². The molecule has 1 saturated heterocycles. The Morgan fingerprint density at radius 1 is 1.31 bits per heavy atom. The number of benzene rings is 1. The maximum Gasteiger partial charge on any atom is 0.191 e. The number of guanidine groups is 1. The summed E-state index contributed by atoms with van der Waals surface area (Å²) < 4.78 is 11.1. The molecule has 1 aromatic rings. The van der Waals surface area contributed by atoms with Crippen LogP contribution in [0.2, 0.25) is 0 Å². The summed E-state index contributed by atoms with van der Waals surface area (Å²) in [6.45, 7) is 10.2. The van der Waals surface area contributed by atoms with Gasteiger partial charge >= 0.3 is 0 Å². The quantitative estimate of drug-likeness (QED) is 0.290. The molecule has 6 nitrogen and oxygen atoms in total. The maximum atomic E-state index is 9.54. The molecule has 1 aliphatic rings. The molecule has 0 saturated carbocycles. The molecule has 0 unspecified atom stereocenters. The number of ether oxygens (including phenoxy) is 2. The molecule has 0 atom stereocenters. The van der Waals surface area contributed by atoms with Gasteiger partial charge in [-0.05, 0) is 31.9 Å². The van der Waals surface area contributed by atoms with Crippen LogP contribution in [0.5, 0.6) is 5.75 Å². The minimum absolute atomic E-state index is 0. The monoisotopic (exact) mass is 477 g/mol. The first kappa shape index (κ1) is 23.0. The molecule has 148 valence electrons. The van der Waals surface area contributed by atoms with Crippen molar-refractivity contribution in [2.24, 2.45) is 10.4 Å². The Labute approximate surface area is 173 Å². The van der Waals surface area contributed by atoms with Crippen LogP contribution in [0.3, 0.4) is 0 Å². The van der Waals surface area contributed by atoms with E-state index in [-0.39, 0.29) is 36.0 Å². The fourth-order valence-electron chi connectivity index (χ4n) is 2.56. The third-order valence-electron chi connectivity index (χ3n) is 4.22. The van der Waals surface area contributed by atoms with Gasteiger partial charge in [-0.2, -0.15) is 0 Å². The van der Waals surface area contributed by atoms with E-state index in [0.717, 1.165) is 30.2 Å². The number of hydrogen-bond acceptors (Lipinski definition) is 4. The number of aliphatic hydroxyl groups is 1. The SMILES string of the molecule is CCCOc1cc(C)ccc1CN=C(NCC)NCC1(CO)COC1.I. The van der Waals surface area contributed by atoms with Gasteiger partial charge in [-0.1, -0.05) is 19.1 Å². The van der Waals surface area contributed by atoms with Gasteiger partial charge < -0.3 is 25.2 Å². The molecule has 0 spiro atoms. The standard InChI is InChI=1S/C19H31N3O3.HI/c1-4-8-25-17-9-15(3)6-7-16(17)10-21-18(20-5-2)22-11-19(12-23)13-24-14-19;/h6-7,9,23H,4-5,8,10-14H2,1-3H3,(H2,20,21,22);1H. The summed E-state index contributed by atoms with van der Waals surface area (Å²) in [4.78, 5) is 4.67. The van der Waals surface area contributed by atoms with Gasteiger partial charge in [-0.25, -0.2) is 4.99 Å². The van der Waals surface area contributed by atoms with E-state index < -0.39 is 0 Å². The zero-order chi connectivity index (χ0) is 18.1. The lowest BCUT2D eigenvalue weighted by Crippen LogP contribution is -2.54. The van der Waals surface area contributed by atoms with Crippen molar-refractivity contribution in [1.29, 1.82) is 0 Å². The van der Waals surface area contributed by atoms with Gasteiger partial charge in [0.2, 0.25) is 0 Å². The minimum atomic E-state index is -0.185. The summed E-state index contributed by atoms with van der Waals surface area (Å²) in [7, 11) is 0. The summed E-state index contributed by atoms with van der Waals surface area (Å²) in [5.74, 6) is 1.64. The largest absolute Gasteiger partial charge is 0.493 e. The van der Waals surface area contributed by atoms with Crippen molar-refractivity contribution in [2.45, 2.75) is 33.7 Å². The van der Waals surface area contributed by atoms with Gasteiger partial charge in [-0.15, -0.1) is 24.0 Å². The highest BCUT2D eigenvalue weighted by molar-refractivity contribution is 14.0. The van der Waals surface area contributed by atoms with Crippen LogP contribution >= 0.6 is 24.0 Å². The highest BCUT2D eigenvalue weighted by Crippen LogP contribution is 2.25. The van der Waals surface area contributed by atoms with Crippen molar-refractivity contribution in [3.8, 4) is 5.75 Å². The van der Waals surface area contributed by atoms with Crippen LogP contribution < -0.4 is 15.4 Å². The smallest absolute Gasteiger partial charge is 0.191 e. The predicted octanol–water partition coefficient (Wildman–Crippen LogP) is 2.47. The second-order valence-corrected chi connectivity index (χ2v) is 6.66. The average molecular weight is 477 g/mol. The summed E-state index contributed by atoms with van der Waals surface area (Å²) in [6.07, 6.45) is 0.978. The Balaban J connectivity index is 0.00000338. The molecule has 3 N–H and O–H groups in total. The second-order valence-electron chi connectivity index (χ2n) is 6.66. The van der Waals surface area contributed by atoms with E-state index in [2.05, 4.69) is 47.7 Å². The van der Waals surface area contributed by atoms with Crippen LogP contribution in [-0.4, -0.2) is 50.6 Å². The highest BCUT2D eigenvalue weighted by Gasteiger charge is 2.38. The number of aliphatic imine (C=N–C) groups is 1. The molecule has 1 fully saturated rings. The van der Waals surface area contributed by atoms with E-state index >= 15 is 0 Å². The molecule has 26 heavy (non-hydrogen) atoms. The fraction of sp³-hybridized carbons (Fsp3) is 0.632. The third-order valence-corrected chi connectivity index (χ3v) is 4.22. The van der Waals surface area contributed by atoms with Crippen molar-refractivity contribution in [1.82, 2.24) is 10.6 Å². The van der Waals surface area contributed by atoms with E-state index in [4.69, 9.17) is 9.47 Å². The van der Waals surface area contributed by atoms with E-state index in [1.165, 1.54) is 5.56 Å². The lowest BCUT2D eigenvalue weighted by molar-refractivity contribution is -0.132. The van der Waals surface area contributed by atoms with Crippen molar-refractivity contribution in [3.63, 3.8) is 0 Å². The van der Waals surface area contributed by atoms with Gasteiger partial charge in [-0.3, -0.25) is 0 Å². The Kier molecular flexibility index (Phi) is 10.3. The lowest BCUT2D eigenvalue weighted by Gasteiger charge is -2.40. The van der Waals surface area contributed by atoms with Gasteiger partial charge in [0.25, 0.3) is 0 Å². The summed E-state index contributed by atoms with van der Waals surface area (Å²) in [6, 6.07) is 6.21.